The molecule has 0 bridgehead atoms. The lowest BCUT2D eigenvalue weighted by Crippen LogP contribution is -2.54. The third-order valence-corrected chi connectivity index (χ3v) is 2.87. The van der Waals surface area contributed by atoms with Crippen LogP contribution in [0.25, 0.3) is 0 Å². The maximum absolute atomic E-state index is 9.12. The van der Waals surface area contributed by atoms with E-state index >= 15 is 0 Å². The van der Waals surface area contributed by atoms with Gasteiger partial charge in [-0.15, -0.1) is 0 Å². The molecule has 0 aromatic carbocycles. The van der Waals surface area contributed by atoms with Crippen molar-refractivity contribution in [2.75, 3.05) is 23.7 Å². The first-order valence-corrected chi connectivity index (χ1v) is 5.76. The van der Waals surface area contributed by atoms with Crippen molar-refractivity contribution in [1.29, 1.82) is 5.26 Å². The molecule has 2 rings (SSSR count). The second-order valence-corrected chi connectivity index (χ2v) is 4.63. The van der Waals surface area contributed by atoms with Gasteiger partial charge in [0.1, 0.15) is 11.9 Å². The molecule has 5 heteroatoms. The summed E-state index contributed by atoms with van der Waals surface area (Å²) in [6, 6.07) is 4.63. The smallest absolute Gasteiger partial charge is 0.146 e. The summed E-state index contributed by atoms with van der Waals surface area (Å²) in [7, 11) is 0. The molecule has 90 valence electrons. The number of pyridine rings is 1. The maximum Gasteiger partial charge on any atom is 0.146 e. The van der Waals surface area contributed by atoms with Crippen molar-refractivity contribution in [2.24, 2.45) is 0 Å². The Morgan fingerprint density at radius 1 is 1.47 bits per heavy atom. The first-order valence-electron chi connectivity index (χ1n) is 5.76. The molecule has 17 heavy (non-hydrogen) atoms. The average molecular weight is 231 g/mol. The molecule has 1 aromatic rings. The Morgan fingerprint density at radius 3 is 2.71 bits per heavy atom. The van der Waals surface area contributed by atoms with Gasteiger partial charge < -0.3 is 16.0 Å². The van der Waals surface area contributed by atoms with Gasteiger partial charge in [0.05, 0.1) is 17.4 Å². The van der Waals surface area contributed by atoms with Gasteiger partial charge in [-0.2, -0.15) is 5.26 Å². The summed E-state index contributed by atoms with van der Waals surface area (Å²) >= 11 is 0. The van der Waals surface area contributed by atoms with Crippen LogP contribution in [0.5, 0.6) is 0 Å². The van der Waals surface area contributed by atoms with Crippen LogP contribution < -0.4 is 16.0 Å². The van der Waals surface area contributed by atoms with E-state index in [1.54, 1.807) is 12.3 Å². The van der Waals surface area contributed by atoms with Crippen LogP contribution in [0.15, 0.2) is 12.3 Å². The normalized spacial score (nSPS) is 24.4. The lowest BCUT2D eigenvalue weighted by atomic mass is 10.1. The topological polar surface area (TPSA) is 78.0 Å². The number of nitrogens with zero attached hydrogens (tertiary/aromatic N) is 3. The molecule has 2 heterocycles. The number of aromatic nitrogens is 1. The molecule has 0 saturated carbocycles. The highest BCUT2D eigenvalue weighted by Crippen LogP contribution is 2.21. The summed E-state index contributed by atoms with van der Waals surface area (Å²) in [5.41, 5.74) is 6.72. The number of nitriles is 1. The molecule has 0 unspecified atom stereocenters. The van der Waals surface area contributed by atoms with E-state index in [2.05, 4.69) is 35.1 Å². The first-order chi connectivity index (χ1) is 8.10. The van der Waals surface area contributed by atoms with Crippen molar-refractivity contribution in [3.8, 4) is 6.07 Å². The lowest BCUT2D eigenvalue weighted by molar-refractivity contribution is 0.405. The zero-order chi connectivity index (χ0) is 12.4. The Labute approximate surface area is 101 Å². The summed E-state index contributed by atoms with van der Waals surface area (Å²) in [6.07, 6.45) is 1.60. The van der Waals surface area contributed by atoms with Crippen LogP contribution in [-0.2, 0) is 0 Å². The minimum Gasteiger partial charge on any atom is -0.397 e. The molecule has 0 amide bonds. The molecular weight excluding hydrogens is 214 g/mol. The Kier molecular flexibility index (Phi) is 3.16. The van der Waals surface area contributed by atoms with Crippen LogP contribution in [-0.4, -0.2) is 30.2 Å². The molecule has 1 saturated heterocycles. The standard InChI is InChI=1S/C12H17N5/c1-8-6-17(7-9(2)16-8)12-10(4-13)3-11(14)5-15-12/h3,5,8-9,16H,6-7,14H2,1-2H3/t8-,9+. The highest BCUT2D eigenvalue weighted by Gasteiger charge is 2.23. The molecule has 2 atom stereocenters. The average Bonchev–Trinajstić information content (AvgIpc) is 2.27. The van der Waals surface area contributed by atoms with Crippen LogP contribution in [0.4, 0.5) is 11.5 Å². The van der Waals surface area contributed by atoms with Gasteiger partial charge in [-0.1, -0.05) is 0 Å². The highest BCUT2D eigenvalue weighted by atomic mass is 15.3. The molecule has 3 N–H and O–H groups in total. The van der Waals surface area contributed by atoms with Crippen molar-refractivity contribution >= 4 is 11.5 Å². The maximum atomic E-state index is 9.12. The van der Waals surface area contributed by atoms with Gasteiger partial charge in [-0.3, -0.25) is 0 Å². The number of rotatable bonds is 1. The minimum atomic E-state index is 0.393. The van der Waals surface area contributed by atoms with Crippen molar-refractivity contribution in [2.45, 2.75) is 25.9 Å². The molecule has 1 aliphatic rings. The second kappa shape index (κ2) is 4.60. The minimum absolute atomic E-state index is 0.393. The molecule has 1 aromatic heterocycles. The second-order valence-electron chi connectivity index (χ2n) is 4.63. The molecule has 0 spiro atoms. The van der Waals surface area contributed by atoms with Crippen molar-refractivity contribution in [3.05, 3.63) is 17.8 Å². The molecule has 0 aliphatic carbocycles. The molecule has 0 radical (unpaired) electrons. The fraction of sp³-hybridized carbons (Fsp3) is 0.500. The predicted octanol–water partition coefficient (Wildman–Crippen LogP) is 0.722. The Morgan fingerprint density at radius 2 is 2.12 bits per heavy atom. The zero-order valence-electron chi connectivity index (χ0n) is 10.1. The summed E-state index contributed by atoms with van der Waals surface area (Å²) in [5.74, 6) is 0.738. The van der Waals surface area contributed by atoms with Crippen molar-refractivity contribution < 1.29 is 0 Å². The van der Waals surface area contributed by atoms with Crippen molar-refractivity contribution in [3.63, 3.8) is 0 Å². The Balaban J connectivity index is 2.30. The van der Waals surface area contributed by atoms with Crippen LogP contribution in [0.3, 0.4) is 0 Å². The summed E-state index contributed by atoms with van der Waals surface area (Å²) in [4.78, 5) is 6.43. The molecule has 1 aliphatic heterocycles. The van der Waals surface area contributed by atoms with E-state index in [4.69, 9.17) is 11.0 Å². The SMILES string of the molecule is C[C@@H]1CN(c2ncc(N)cc2C#N)C[C@H](C)N1. The number of nitrogens with two attached hydrogens (primary N) is 1. The zero-order valence-corrected chi connectivity index (χ0v) is 10.1. The third-order valence-electron chi connectivity index (χ3n) is 2.87. The first kappa shape index (κ1) is 11.7. The van der Waals surface area contributed by atoms with E-state index < -0.39 is 0 Å². The summed E-state index contributed by atoms with van der Waals surface area (Å²) in [5, 5.41) is 12.6. The van der Waals surface area contributed by atoms with Gasteiger partial charge in [0, 0.05) is 25.2 Å². The summed E-state index contributed by atoms with van der Waals surface area (Å²) in [6.45, 7) is 5.98. The monoisotopic (exact) mass is 231 g/mol. The van der Waals surface area contributed by atoms with Gasteiger partial charge in [-0.05, 0) is 19.9 Å². The highest BCUT2D eigenvalue weighted by molar-refractivity contribution is 5.59. The van der Waals surface area contributed by atoms with Crippen molar-refractivity contribution in [1.82, 2.24) is 10.3 Å². The lowest BCUT2D eigenvalue weighted by Gasteiger charge is -2.37. The number of anilines is 2. The van der Waals surface area contributed by atoms with Gasteiger partial charge in [0.25, 0.3) is 0 Å². The number of hydrogen-bond acceptors (Lipinski definition) is 5. The van der Waals surface area contributed by atoms with E-state index in [0.717, 1.165) is 18.9 Å². The van der Waals surface area contributed by atoms with Crippen LogP contribution >= 0.6 is 0 Å². The van der Waals surface area contributed by atoms with Crippen LogP contribution in [0.1, 0.15) is 19.4 Å². The van der Waals surface area contributed by atoms with Gasteiger partial charge in [-0.25, -0.2) is 4.98 Å². The van der Waals surface area contributed by atoms with Crippen LogP contribution in [0, 0.1) is 11.3 Å². The van der Waals surface area contributed by atoms with Gasteiger partial charge in [0.2, 0.25) is 0 Å². The quantitative estimate of drug-likeness (QED) is 0.744. The largest absolute Gasteiger partial charge is 0.397 e. The Hall–Kier alpha value is -1.80. The number of nitrogen functional groups attached to an aromatic ring is 1. The molecule has 5 nitrogen and oxygen atoms in total. The number of nitrogens with one attached hydrogen (secondary N) is 1. The number of piperazine rings is 1. The van der Waals surface area contributed by atoms with Gasteiger partial charge >= 0.3 is 0 Å². The van der Waals surface area contributed by atoms with E-state index in [1.807, 2.05) is 0 Å². The van der Waals surface area contributed by atoms with E-state index in [1.165, 1.54) is 0 Å². The molecule has 1 fully saturated rings. The molecular formula is C12H17N5. The van der Waals surface area contributed by atoms with Crippen LogP contribution in [0.2, 0.25) is 0 Å². The Bertz CT molecular complexity index is 441. The number of hydrogen-bond donors (Lipinski definition) is 2. The predicted molar refractivity (Wildman–Crippen MR) is 67.6 cm³/mol. The fourth-order valence-corrected chi connectivity index (χ4v) is 2.31. The summed E-state index contributed by atoms with van der Waals surface area (Å²) < 4.78 is 0. The third kappa shape index (κ3) is 2.48. The fourth-order valence-electron chi connectivity index (χ4n) is 2.31. The van der Waals surface area contributed by atoms with Gasteiger partial charge in [0.15, 0.2) is 0 Å². The van der Waals surface area contributed by atoms with E-state index in [0.29, 0.717) is 23.3 Å². The van der Waals surface area contributed by atoms with E-state index in [9.17, 15) is 0 Å². The van der Waals surface area contributed by atoms with E-state index in [-0.39, 0.29) is 0 Å².